The maximum atomic E-state index is 14.9. The highest BCUT2D eigenvalue weighted by molar-refractivity contribution is 6.33. The van der Waals surface area contributed by atoms with Crippen molar-refractivity contribution in [2.75, 3.05) is 19.7 Å². The summed E-state index contributed by atoms with van der Waals surface area (Å²) >= 11 is 6.35. The summed E-state index contributed by atoms with van der Waals surface area (Å²) < 4.78 is 52.3. The van der Waals surface area contributed by atoms with Crippen molar-refractivity contribution in [1.82, 2.24) is 4.90 Å². The fraction of sp³-hybridized carbons (Fsp3) is 0.600. The number of ketones is 1. The summed E-state index contributed by atoms with van der Waals surface area (Å²) in [6.07, 6.45) is 5.97. The van der Waals surface area contributed by atoms with E-state index in [-0.39, 0.29) is 58.3 Å². The van der Waals surface area contributed by atoms with Crippen LogP contribution in [0, 0.1) is 33.5 Å². The number of ether oxygens (including phenoxy) is 1. The van der Waals surface area contributed by atoms with E-state index in [0.29, 0.717) is 50.6 Å². The largest absolute Gasteiger partial charge is 0.453 e. The van der Waals surface area contributed by atoms with Crippen molar-refractivity contribution in [3.05, 3.63) is 70.5 Å². The van der Waals surface area contributed by atoms with E-state index in [1.807, 2.05) is 6.92 Å². The molecule has 8 rings (SSSR count). The third kappa shape index (κ3) is 5.20. The van der Waals surface area contributed by atoms with E-state index in [9.17, 15) is 33.0 Å². The Kier molecular flexibility index (Phi) is 8.71. The number of carbonyl (C=O) groups excluding carboxylic acids is 2. The van der Waals surface area contributed by atoms with Gasteiger partial charge in [0.15, 0.2) is 5.76 Å². The normalized spacial score (nSPS) is 36.6. The minimum atomic E-state index is -4.59. The summed E-state index contributed by atoms with van der Waals surface area (Å²) in [5, 5.41) is 23.7. The quantitative estimate of drug-likeness (QED) is 0.208. The molecule has 2 bridgehead atoms. The minimum Gasteiger partial charge on any atom is -0.453 e. The molecule has 3 fully saturated rings. The molecule has 0 radical (unpaired) electrons. The van der Waals surface area contributed by atoms with Crippen molar-refractivity contribution in [1.29, 1.82) is 0 Å². The van der Waals surface area contributed by atoms with Crippen LogP contribution in [0.5, 0.6) is 0 Å². The lowest BCUT2D eigenvalue weighted by molar-refractivity contribution is -0.175. The first-order valence-corrected chi connectivity index (χ1v) is 18.6. The zero-order chi connectivity index (χ0) is 36.8. The molecule has 6 aliphatic rings. The number of carbonyl (C=O) groups is 2. The molecule has 1 amide bonds. The zero-order valence-corrected chi connectivity index (χ0v) is 30.4. The van der Waals surface area contributed by atoms with Gasteiger partial charge in [-0.25, -0.2) is 4.79 Å². The molecule has 0 aliphatic heterocycles. The van der Waals surface area contributed by atoms with Crippen LogP contribution in [0.4, 0.5) is 18.0 Å². The highest BCUT2D eigenvalue weighted by Gasteiger charge is 2.74. The van der Waals surface area contributed by atoms with Gasteiger partial charge in [0.05, 0.1) is 35.4 Å². The summed E-state index contributed by atoms with van der Waals surface area (Å²) in [6, 6.07) is 5.97. The van der Waals surface area contributed by atoms with E-state index >= 15 is 0 Å². The van der Waals surface area contributed by atoms with E-state index in [4.69, 9.17) is 20.8 Å². The van der Waals surface area contributed by atoms with Crippen LogP contribution in [0.2, 0.25) is 5.02 Å². The molecule has 1 heterocycles. The Morgan fingerprint density at radius 3 is 2.43 bits per heavy atom. The van der Waals surface area contributed by atoms with Gasteiger partial charge in [0.1, 0.15) is 5.76 Å². The van der Waals surface area contributed by atoms with Gasteiger partial charge in [-0.05, 0) is 106 Å². The fourth-order valence-electron chi connectivity index (χ4n) is 11.3. The summed E-state index contributed by atoms with van der Waals surface area (Å²) in [6.45, 7) is 8.92. The molecule has 3 saturated carbocycles. The van der Waals surface area contributed by atoms with Crippen molar-refractivity contribution >= 4 is 23.5 Å². The second kappa shape index (κ2) is 12.2. The number of allylic oxidation sites excluding steroid dienone is 4. The van der Waals surface area contributed by atoms with Crippen LogP contribution in [0.3, 0.4) is 0 Å². The van der Waals surface area contributed by atoms with Crippen LogP contribution in [0.25, 0.3) is 11.3 Å². The molecule has 51 heavy (non-hydrogen) atoms. The van der Waals surface area contributed by atoms with Crippen LogP contribution in [-0.4, -0.2) is 58.4 Å². The van der Waals surface area contributed by atoms with E-state index in [0.717, 1.165) is 25.0 Å². The molecule has 7 nitrogen and oxygen atoms in total. The Labute approximate surface area is 301 Å². The van der Waals surface area contributed by atoms with Gasteiger partial charge in [-0.3, -0.25) is 4.79 Å². The summed E-state index contributed by atoms with van der Waals surface area (Å²) in [4.78, 5) is 29.6. The zero-order valence-electron chi connectivity index (χ0n) is 29.6. The number of benzene rings is 1. The van der Waals surface area contributed by atoms with Crippen molar-refractivity contribution in [3.8, 4) is 11.3 Å². The molecular formula is C40H47ClF3NO6. The maximum absolute atomic E-state index is 14.9. The molecule has 8 unspecified atom stereocenters. The molecule has 8 atom stereocenters. The molecule has 1 aromatic carbocycles. The third-order valence-corrected chi connectivity index (χ3v) is 14.1. The van der Waals surface area contributed by atoms with Crippen molar-refractivity contribution in [2.24, 2.45) is 33.5 Å². The molecule has 2 aromatic rings. The fourth-order valence-corrected chi connectivity index (χ4v) is 11.5. The smallest absolute Gasteiger partial charge is 0.416 e. The highest BCUT2D eigenvalue weighted by atomic mass is 35.5. The molecule has 0 saturated heterocycles. The number of alkyl halides is 3. The lowest BCUT2D eigenvalue weighted by Crippen LogP contribution is -2.67. The molecular weight excluding hydrogens is 683 g/mol. The van der Waals surface area contributed by atoms with Crippen molar-refractivity contribution < 1.29 is 42.1 Å². The van der Waals surface area contributed by atoms with Crippen molar-refractivity contribution in [3.63, 3.8) is 0 Å². The first-order chi connectivity index (χ1) is 24.0. The van der Waals surface area contributed by atoms with Gasteiger partial charge in [-0.15, -0.1) is 0 Å². The maximum Gasteiger partial charge on any atom is 0.416 e. The summed E-state index contributed by atoms with van der Waals surface area (Å²) in [5.41, 5.74) is -3.83. The Bertz CT molecular complexity index is 1800. The van der Waals surface area contributed by atoms with Crippen LogP contribution in [-0.2, 0) is 10.9 Å². The SMILES string of the molecule is CCCN(CC1(O)CCC2C34C=CC5(C=C3C(=O)c3ccc(-c6cc(C(F)(F)F)ccc6Cl)o3)CC(O)CCC5(C)C4CCC21C)C(=O)OCC. The van der Waals surface area contributed by atoms with Gasteiger partial charge in [0.25, 0.3) is 0 Å². The average Bonchev–Trinajstić information content (AvgIpc) is 3.66. The van der Waals surface area contributed by atoms with Gasteiger partial charge in [-0.2, -0.15) is 13.2 Å². The topological polar surface area (TPSA) is 100 Å². The number of aliphatic hydroxyl groups excluding tert-OH is 1. The standard InChI is InChI=1S/C40H47ClF3NO6/c1-5-19-45(34(48)50-6-2)23-38(49)16-13-32-36(38,4)15-12-31-35(3)14-11-25(46)21-37(35)17-18-39(31,32)27(22-37)33(47)30-10-9-29(51-30)26-20-24(40(42,43)44)7-8-28(26)41/h7-10,17-18,20,22,25,31-32,46,49H,5-6,11-16,19,21,23H2,1-4H3. The third-order valence-electron chi connectivity index (χ3n) is 13.8. The number of halogens is 4. The molecule has 6 aliphatic carbocycles. The lowest BCUT2D eigenvalue weighted by Gasteiger charge is -2.71. The number of rotatable bonds is 8. The van der Waals surface area contributed by atoms with Crippen LogP contribution >= 0.6 is 11.6 Å². The first-order valence-electron chi connectivity index (χ1n) is 18.3. The van der Waals surface area contributed by atoms with Gasteiger partial charge in [0.2, 0.25) is 5.78 Å². The summed E-state index contributed by atoms with van der Waals surface area (Å²) in [7, 11) is 0. The lowest BCUT2D eigenvalue weighted by atomic mass is 9.32. The Hall–Kier alpha value is -3.08. The summed E-state index contributed by atoms with van der Waals surface area (Å²) in [5.74, 6) is -0.462. The van der Waals surface area contributed by atoms with Gasteiger partial charge < -0.3 is 24.3 Å². The first kappa shape index (κ1) is 36.3. The van der Waals surface area contributed by atoms with E-state index in [1.54, 1.807) is 11.8 Å². The second-order valence-corrected chi connectivity index (χ2v) is 16.5. The molecule has 2 spiro atoms. The number of nitrogens with zero attached hydrogens (tertiary/aromatic N) is 1. The van der Waals surface area contributed by atoms with Gasteiger partial charge in [-0.1, -0.05) is 50.6 Å². The van der Waals surface area contributed by atoms with Gasteiger partial charge >= 0.3 is 12.3 Å². The number of fused-ring (bicyclic) bond motifs is 1. The Morgan fingerprint density at radius 1 is 1.02 bits per heavy atom. The molecule has 2 N–H and O–H groups in total. The number of furan rings is 1. The van der Waals surface area contributed by atoms with E-state index in [1.165, 1.54) is 18.2 Å². The molecule has 276 valence electrons. The Balaban J connectivity index is 1.32. The van der Waals surface area contributed by atoms with Crippen LogP contribution in [0.1, 0.15) is 95.2 Å². The number of Topliss-reactive ketones (excluding diaryl/α,β-unsaturated/α-hetero) is 1. The van der Waals surface area contributed by atoms with E-state index < -0.39 is 45.8 Å². The number of amides is 1. The van der Waals surface area contributed by atoms with Gasteiger partial charge in [0, 0.05) is 33.9 Å². The predicted molar refractivity (Wildman–Crippen MR) is 186 cm³/mol. The van der Waals surface area contributed by atoms with Crippen molar-refractivity contribution in [2.45, 2.75) is 96.9 Å². The monoisotopic (exact) mass is 729 g/mol. The highest BCUT2D eigenvalue weighted by Crippen LogP contribution is 2.78. The number of aliphatic hydroxyl groups is 2. The molecule has 1 aromatic heterocycles. The minimum absolute atomic E-state index is 0.00904. The number of hydrogen-bond donors (Lipinski definition) is 2. The van der Waals surface area contributed by atoms with E-state index in [2.05, 4.69) is 32.1 Å². The average molecular weight is 730 g/mol. The van der Waals surface area contributed by atoms with Crippen LogP contribution < -0.4 is 0 Å². The second-order valence-electron chi connectivity index (χ2n) is 16.1. The Morgan fingerprint density at radius 2 is 1.73 bits per heavy atom. The predicted octanol–water partition coefficient (Wildman–Crippen LogP) is 9.26. The van der Waals surface area contributed by atoms with Crippen LogP contribution in [0.15, 0.2) is 58.6 Å². The molecule has 11 heteroatoms. The number of hydrogen-bond acceptors (Lipinski definition) is 6.